The molecule has 0 radical (unpaired) electrons. The monoisotopic (exact) mass is 317 g/mol. The molecule has 114 valence electrons. The van der Waals surface area contributed by atoms with Crippen molar-refractivity contribution < 1.29 is 9.59 Å². The van der Waals surface area contributed by atoms with Gasteiger partial charge in [0.1, 0.15) is 12.4 Å². The van der Waals surface area contributed by atoms with E-state index in [1.807, 2.05) is 0 Å². The number of aromatic nitrogens is 3. The van der Waals surface area contributed by atoms with E-state index in [1.54, 1.807) is 28.9 Å². The Bertz CT molecular complexity index is 647. The molecule has 1 aliphatic heterocycles. The van der Waals surface area contributed by atoms with Crippen molar-refractivity contribution in [2.24, 2.45) is 0 Å². The maximum absolute atomic E-state index is 12.4. The van der Waals surface area contributed by atoms with Crippen molar-refractivity contribution in [2.75, 3.05) is 11.9 Å². The second-order valence-corrected chi connectivity index (χ2v) is 5.89. The third-order valence-electron chi connectivity index (χ3n) is 3.51. The minimum atomic E-state index is -0.430. The van der Waals surface area contributed by atoms with Crippen molar-refractivity contribution in [3.8, 4) is 0 Å². The molecule has 2 amide bonds. The summed E-state index contributed by atoms with van der Waals surface area (Å²) in [6.07, 6.45) is 8.00. The van der Waals surface area contributed by atoms with Crippen molar-refractivity contribution in [3.05, 3.63) is 35.9 Å². The number of carbonyl (C=O) groups is 2. The van der Waals surface area contributed by atoms with Gasteiger partial charge in [0.15, 0.2) is 5.13 Å². The van der Waals surface area contributed by atoms with Crippen molar-refractivity contribution >= 4 is 28.3 Å². The molecule has 0 saturated carbocycles. The van der Waals surface area contributed by atoms with E-state index in [4.69, 9.17) is 0 Å². The van der Waals surface area contributed by atoms with Gasteiger partial charge in [-0.2, -0.15) is 0 Å². The van der Waals surface area contributed by atoms with Crippen LogP contribution in [0.3, 0.4) is 0 Å². The predicted molar refractivity (Wildman–Crippen MR) is 81.2 cm³/mol. The fraction of sp³-hybridized carbons (Fsp3) is 0.357. The highest BCUT2D eigenvalue weighted by Crippen LogP contribution is 2.21. The number of rotatable bonds is 4. The summed E-state index contributed by atoms with van der Waals surface area (Å²) in [6.45, 7) is 0.600. The lowest BCUT2D eigenvalue weighted by molar-refractivity contribution is -0.136. The highest BCUT2D eigenvalue weighted by atomic mass is 32.1. The van der Waals surface area contributed by atoms with Crippen LogP contribution in [0.1, 0.15) is 18.4 Å². The van der Waals surface area contributed by atoms with Gasteiger partial charge >= 0.3 is 0 Å². The largest absolute Gasteiger partial charge is 0.330 e. The van der Waals surface area contributed by atoms with Gasteiger partial charge in [-0.25, -0.2) is 15.0 Å². The van der Waals surface area contributed by atoms with Crippen LogP contribution in [0.5, 0.6) is 0 Å². The molecule has 1 aliphatic rings. The van der Waals surface area contributed by atoms with Gasteiger partial charge in [0, 0.05) is 30.5 Å². The zero-order valence-electron chi connectivity index (χ0n) is 11.8. The minimum absolute atomic E-state index is 0.0772. The topological polar surface area (TPSA) is 88.1 Å². The highest BCUT2D eigenvalue weighted by Gasteiger charge is 2.34. The Morgan fingerprint density at radius 1 is 1.36 bits per heavy atom. The summed E-state index contributed by atoms with van der Waals surface area (Å²) >= 11 is 1.36. The van der Waals surface area contributed by atoms with Crippen molar-refractivity contribution in [2.45, 2.75) is 25.3 Å². The molecule has 1 saturated heterocycles. The molecule has 8 heteroatoms. The maximum atomic E-state index is 12.4. The van der Waals surface area contributed by atoms with E-state index in [0.717, 1.165) is 12.0 Å². The molecular weight excluding hydrogens is 302 g/mol. The van der Waals surface area contributed by atoms with Crippen LogP contribution in [0, 0.1) is 0 Å². The van der Waals surface area contributed by atoms with Gasteiger partial charge in [-0.05, 0) is 18.4 Å². The Morgan fingerprint density at radius 2 is 2.18 bits per heavy atom. The summed E-state index contributed by atoms with van der Waals surface area (Å²) in [6, 6.07) is -0.430. The molecule has 2 aromatic rings. The number of likely N-dealkylation sites (tertiary alicyclic amines) is 1. The molecule has 1 unspecified atom stereocenters. The van der Waals surface area contributed by atoms with Crippen molar-refractivity contribution in [3.63, 3.8) is 0 Å². The average molecular weight is 317 g/mol. The molecule has 1 fully saturated rings. The van der Waals surface area contributed by atoms with Crippen molar-refractivity contribution in [1.82, 2.24) is 19.9 Å². The Hall–Kier alpha value is -2.35. The molecule has 0 aromatic carbocycles. The molecule has 1 N–H and O–H groups in total. The normalized spacial score (nSPS) is 17.5. The van der Waals surface area contributed by atoms with Gasteiger partial charge in [0.05, 0.1) is 6.42 Å². The number of nitrogens with one attached hydrogen (secondary N) is 1. The van der Waals surface area contributed by atoms with Gasteiger partial charge in [-0.15, -0.1) is 11.3 Å². The van der Waals surface area contributed by atoms with Crippen LogP contribution in [0.4, 0.5) is 5.13 Å². The van der Waals surface area contributed by atoms with Gasteiger partial charge in [-0.1, -0.05) is 0 Å². The molecule has 3 heterocycles. The van der Waals surface area contributed by atoms with Crippen LogP contribution in [-0.4, -0.2) is 44.3 Å². The van der Waals surface area contributed by atoms with E-state index in [2.05, 4.69) is 20.3 Å². The molecule has 22 heavy (non-hydrogen) atoms. The van der Waals surface area contributed by atoms with E-state index in [1.165, 1.54) is 17.7 Å². The number of thiazole rings is 1. The summed E-state index contributed by atoms with van der Waals surface area (Å²) in [5.41, 5.74) is 0.749. The SMILES string of the molecule is O=C(Nc1nccs1)C1CCCN1C(=O)Cc1cncnc1. The Labute approximate surface area is 131 Å². The molecule has 7 nitrogen and oxygen atoms in total. The molecule has 3 rings (SSSR count). The number of amides is 2. The van der Waals surface area contributed by atoms with Crippen LogP contribution in [-0.2, 0) is 16.0 Å². The van der Waals surface area contributed by atoms with Crippen LogP contribution in [0.2, 0.25) is 0 Å². The zero-order chi connectivity index (χ0) is 15.4. The second-order valence-electron chi connectivity index (χ2n) is 5.00. The number of nitrogens with zero attached hydrogens (tertiary/aromatic N) is 4. The zero-order valence-corrected chi connectivity index (χ0v) is 12.6. The first kappa shape index (κ1) is 14.6. The maximum Gasteiger partial charge on any atom is 0.248 e. The lowest BCUT2D eigenvalue weighted by Gasteiger charge is -2.23. The Morgan fingerprint density at radius 3 is 2.91 bits per heavy atom. The first-order valence-electron chi connectivity index (χ1n) is 6.98. The number of anilines is 1. The summed E-state index contributed by atoms with van der Waals surface area (Å²) < 4.78 is 0. The van der Waals surface area contributed by atoms with E-state index < -0.39 is 6.04 Å². The summed E-state index contributed by atoms with van der Waals surface area (Å²) in [4.78, 5) is 38.2. The third kappa shape index (κ3) is 3.28. The highest BCUT2D eigenvalue weighted by molar-refractivity contribution is 7.13. The molecular formula is C14H15N5O2S. The molecule has 2 aromatic heterocycles. The van der Waals surface area contributed by atoms with Gasteiger partial charge < -0.3 is 10.2 Å². The standard InChI is InChI=1S/C14H15N5O2S/c20-12(6-10-7-15-9-16-8-10)19-4-1-2-11(19)13(21)18-14-17-3-5-22-14/h3,5,7-9,11H,1-2,4,6H2,(H,17,18,21). The fourth-order valence-electron chi connectivity index (χ4n) is 2.51. The smallest absolute Gasteiger partial charge is 0.248 e. The van der Waals surface area contributed by atoms with Gasteiger partial charge in [0.2, 0.25) is 11.8 Å². The fourth-order valence-corrected chi connectivity index (χ4v) is 3.04. The lowest BCUT2D eigenvalue weighted by Crippen LogP contribution is -2.43. The van der Waals surface area contributed by atoms with E-state index in [9.17, 15) is 9.59 Å². The van der Waals surface area contributed by atoms with E-state index in [0.29, 0.717) is 18.1 Å². The average Bonchev–Trinajstić information content (AvgIpc) is 3.19. The predicted octanol–water partition coefficient (Wildman–Crippen LogP) is 1.11. The van der Waals surface area contributed by atoms with Crippen LogP contribution < -0.4 is 5.32 Å². The van der Waals surface area contributed by atoms with Gasteiger partial charge in [-0.3, -0.25) is 9.59 Å². The number of hydrogen-bond acceptors (Lipinski definition) is 6. The van der Waals surface area contributed by atoms with Crippen LogP contribution in [0.25, 0.3) is 0 Å². The van der Waals surface area contributed by atoms with E-state index in [-0.39, 0.29) is 18.2 Å². The van der Waals surface area contributed by atoms with Crippen LogP contribution >= 0.6 is 11.3 Å². The molecule has 0 bridgehead atoms. The second kappa shape index (κ2) is 6.61. The minimum Gasteiger partial charge on any atom is -0.330 e. The summed E-state index contributed by atoms with van der Waals surface area (Å²) in [7, 11) is 0. The number of hydrogen-bond donors (Lipinski definition) is 1. The van der Waals surface area contributed by atoms with Crippen molar-refractivity contribution in [1.29, 1.82) is 0 Å². The van der Waals surface area contributed by atoms with Crippen LogP contribution in [0.15, 0.2) is 30.3 Å². The number of carbonyl (C=O) groups excluding carboxylic acids is 2. The summed E-state index contributed by atoms with van der Waals surface area (Å²) in [5, 5.41) is 5.11. The third-order valence-corrected chi connectivity index (χ3v) is 4.20. The Kier molecular flexibility index (Phi) is 4.38. The first-order valence-corrected chi connectivity index (χ1v) is 7.86. The molecule has 0 aliphatic carbocycles. The Balaban J connectivity index is 1.64. The molecule has 0 spiro atoms. The lowest BCUT2D eigenvalue weighted by atomic mass is 10.2. The summed E-state index contributed by atoms with van der Waals surface area (Å²) in [5.74, 6) is -0.253. The van der Waals surface area contributed by atoms with Gasteiger partial charge in [0.25, 0.3) is 0 Å². The molecule has 1 atom stereocenters. The quantitative estimate of drug-likeness (QED) is 0.912. The first-order chi connectivity index (χ1) is 10.7. The van der Waals surface area contributed by atoms with E-state index >= 15 is 0 Å².